The summed E-state index contributed by atoms with van der Waals surface area (Å²) < 4.78 is 10.7. The second-order valence-corrected chi connectivity index (χ2v) is 5.96. The van der Waals surface area contributed by atoms with Gasteiger partial charge in [0, 0.05) is 26.2 Å². The van der Waals surface area contributed by atoms with Gasteiger partial charge in [-0.1, -0.05) is 0 Å². The molecule has 0 radical (unpaired) electrons. The van der Waals surface area contributed by atoms with Gasteiger partial charge in [0.2, 0.25) is 0 Å². The molecule has 6 nitrogen and oxygen atoms in total. The first-order valence-electron chi connectivity index (χ1n) is 8.03. The van der Waals surface area contributed by atoms with Crippen molar-refractivity contribution in [3.8, 4) is 0 Å². The summed E-state index contributed by atoms with van der Waals surface area (Å²) in [6.45, 7) is 6.52. The summed E-state index contributed by atoms with van der Waals surface area (Å²) in [6, 6.07) is 1.70. The van der Waals surface area contributed by atoms with Gasteiger partial charge in [-0.2, -0.15) is 0 Å². The van der Waals surface area contributed by atoms with Crippen LogP contribution in [0.2, 0.25) is 0 Å². The monoisotopic (exact) mass is 318 g/mol. The van der Waals surface area contributed by atoms with E-state index in [1.54, 1.807) is 17.9 Å². The van der Waals surface area contributed by atoms with E-state index in [1.807, 2.05) is 11.8 Å². The molecule has 0 aromatic carbocycles. The lowest BCUT2D eigenvalue weighted by molar-refractivity contribution is -0.129. The number of allylic oxidation sites excluding steroid dienone is 1. The first-order chi connectivity index (χ1) is 11.1. The van der Waals surface area contributed by atoms with Crippen LogP contribution in [0.15, 0.2) is 28.1 Å². The largest absolute Gasteiger partial charge is 0.498 e. The van der Waals surface area contributed by atoms with Crippen molar-refractivity contribution in [3.63, 3.8) is 0 Å². The summed E-state index contributed by atoms with van der Waals surface area (Å²) in [5.41, 5.74) is 1.38. The molecular formula is C17H22N2O4. The molecule has 0 N–H and O–H groups in total. The quantitative estimate of drug-likeness (QED) is 0.836. The predicted octanol–water partition coefficient (Wildman–Crippen LogP) is 1.96. The SMILES string of the molecule is CC1=C(C(=O)N2CCN(C(=O)c3ccoc3C)CC2)CCCO1. The van der Waals surface area contributed by atoms with E-state index < -0.39 is 0 Å². The van der Waals surface area contributed by atoms with Crippen LogP contribution in [-0.2, 0) is 9.53 Å². The molecule has 2 amide bonds. The van der Waals surface area contributed by atoms with Gasteiger partial charge in [0.15, 0.2) is 0 Å². The van der Waals surface area contributed by atoms with Crippen LogP contribution in [0.5, 0.6) is 0 Å². The zero-order valence-corrected chi connectivity index (χ0v) is 13.6. The van der Waals surface area contributed by atoms with Crippen LogP contribution in [0.1, 0.15) is 35.9 Å². The van der Waals surface area contributed by atoms with E-state index in [9.17, 15) is 9.59 Å². The minimum absolute atomic E-state index is 0.0280. The van der Waals surface area contributed by atoms with Gasteiger partial charge in [-0.25, -0.2) is 0 Å². The van der Waals surface area contributed by atoms with E-state index in [2.05, 4.69) is 0 Å². The molecule has 0 unspecified atom stereocenters. The van der Waals surface area contributed by atoms with Crippen LogP contribution >= 0.6 is 0 Å². The molecule has 0 bridgehead atoms. The normalized spacial score (nSPS) is 18.9. The Bertz CT molecular complexity index is 639. The first kappa shape index (κ1) is 15.6. The van der Waals surface area contributed by atoms with Crippen molar-refractivity contribution in [2.24, 2.45) is 0 Å². The third-order valence-electron chi connectivity index (χ3n) is 4.52. The highest BCUT2D eigenvalue weighted by atomic mass is 16.5. The maximum absolute atomic E-state index is 12.6. The summed E-state index contributed by atoms with van der Waals surface area (Å²) in [4.78, 5) is 28.6. The fourth-order valence-corrected chi connectivity index (χ4v) is 3.08. The molecule has 2 aliphatic rings. The Labute approximate surface area is 135 Å². The molecule has 2 aliphatic heterocycles. The second-order valence-electron chi connectivity index (χ2n) is 5.96. The molecule has 6 heteroatoms. The van der Waals surface area contributed by atoms with E-state index in [4.69, 9.17) is 9.15 Å². The van der Waals surface area contributed by atoms with Gasteiger partial charge in [0.05, 0.1) is 24.0 Å². The van der Waals surface area contributed by atoms with Crippen LogP contribution in [-0.4, -0.2) is 54.4 Å². The maximum atomic E-state index is 12.6. The van der Waals surface area contributed by atoms with E-state index in [1.165, 1.54) is 6.26 Å². The van der Waals surface area contributed by atoms with Gasteiger partial charge in [0.1, 0.15) is 11.5 Å². The van der Waals surface area contributed by atoms with Crippen molar-refractivity contribution in [3.05, 3.63) is 35.0 Å². The zero-order valence-electron chi connectivity index (χ0n) is 13.6. The Morgan fingerprint density at radius 2 is 1.70 bits per heavy atom. The molecule has 0 saturated carbocycles. The van der Waals surface area contributed by atoms with Crippen molar-refractivity contribution >= 4 is 11.8 Å². The van der Waals surface area contributed by atoms with Crippen LogP contribution in [0, 0.1) is 6.92 Å². The molecule has 1 saturated heterocycles. The fraction of sp³-hybridized carbons (Fsp3) is 0.529. The summed E-state index contributed by atoms with van der Waals surface area (Å²) in [5, 5.41) is 0. The number of carbonyl (C=O) groups is 2. The third-order valence-corrected chi connectivity index (χ3v) is 4.52. The van der Waals surface area contributed by atoms with Crippen molar-refractivity contribution in [2.75, 3.05) is 32.8 Å². The predicted molar refractivity (Wildman–Crippen MR) is 83.8 cm³/mol. The Balaban J connectivity index is 1.61. The molecule has 124 valence electrons. The summed E-state index contributed by atoms with van der Waals surface area (Å²) in [6.07, 6.45) is 3.19. The minimum Gasteiger partial charge on any atom is -0.498 e. The summed E-state index contributed by atoms with van der Waals surface area (Å²) in [7, 11) is 0. The fourth-order valence-electron chi connectivity index (χ4n) is 3.08. The maximum Gasteiger partial charge on any atom is 0.257 e. The van der Waals surface area contributed by atoms with Gasteiger partial charge >= 0.3 is 0 Å². The van der Waals surface area contributed by atoms with Gasteiger partial charge in [-0.05, 0) is 32.8 Å². The van der Waals surface area contributed by atoms with Crippen molar-refractivity contribution in [2.45, 2.75) is 26.7 Å². The molecule has 1 fully saturated rings. The minimum atomic E-state index is -0.0280. The van der Waals surface area contributed by atoms with Gasteiger partial charge < -0.3 is 19.0 Å². The average Bonchev–Trinajstić information content (AvgIpc) is 3.00. The Morgan fingerprint density at radius 3 is 2.26 bits per heavy atom. The van der Waals surface area contributed by atoms with Gasteiger partial charge in [-0.3, -0.25) is 9.59 Å². The van der Waals surface area contributed by atoms with E-state index in [0.717, 1.165) is 24.2 Å². The van der Waals surface area contributed by atoms with Gasteiger partial charge in [0.25, 0.3) is 11.8 Å². The number of furan rings is 1. The zero-order chi connectivity index (χ0) is 16.4. The number of carbonyl (C=O) groups excluding carboxylic acids is 2. The average molecular weight is 318 g/mol. The number of hydrogen-bond donors (Lipinski definition) is 0. The number of hydrogen-bond acceptors (Lipinski definition) is 4. The molecule has 23 heavy (non-hydrogen) atoms. The first-order valence-corrected chi connectivity index (χ1v) is 8.03. The van der Waals surface area contributed by atoms with Crippen LogP contribution in [0.3, 0.4) is 0 Å². The lowest BCUT2D eigenvalue weighted by Crippen LogP contribution is -2.51. The van der Waals surface area contributed by atoms with E-state index in [0.29, 0.717) is 44.1 Å². The van der Waals surface area contributed by atoms with Crippen molar-refractivity contribution in [1.29, 1.82) is 0 Å². The van der Waals surface area contributed by atoms with Gasteiger partial charge in [-0.15, -0.1) is 0 Å². The standard InChI is InChI=1S/C17H22N2O4/c1-12-14(4-3-10-22-12)16(20)18-6-8-19(9-7-18)17(21)15-5-11-23-13(15)2/h5,11H,3-4,6-10H2,1-2H3. The van der Waals surface area contributed by atoms with Crippen LogP contribution in [0.4, 0.5) is 0 Å². The Hall–Kier alpha value is -2.24. The molecular weight excluding hydrogens is 296 g/mol. The Kier molecular flexibility index (Phi) is 4.41. The molecule has 0 aliphatic carbocycles. The number of aryl methyl sites for hydroxylation is 1. The lowest BCUT2D eigenvalue weighted by Gasteiger charge is -2.35. The number of piperazine rings is 1. The number of ether oxygens (including phenoxy) is 1. The lowest BCUT2D eigenvalue weighted by atomic mass is 10.1. The van der Waals surface area contributed by atoms with Crippen LogP contribution in [0.25, 0.3) is 0 Å². The molecule has 0 atom stereocenters. The van der Waals surface area contributed by atoms with Crippen molar-refractivity contribution in [1.82, 2.24) is 9.80 Å². The van der Waals surface area contributed by atoms with Crippen LogP contribution < -0.4 is 0 Å². The topological polar surface area (TPSA) is 63.0 Å². The molecule has 0 spiro atoms. The number of rotatable bonds is 2. The highest BCUT2D eigenvalue weighted by molar-refractivity contribution is 5.96. The van der Waals surface area contributed by atoms with E-state index >= 15 is 0 Å². The number of nitrogens with zero attached hydrogens (tertiary/aromatic N) is 2. The van der Waals surface area contributed by atoms with Crippen molar-refractivity contribution < 1.29 is 18.7 Å². The summed E-state index contributed by atoms with van der Waals surface area (Å²) in [5.74, 6) is 1.40. The molecule has 1 aromatic heterocycles. The second kappa shape index (κ2) is 6.48. The molecule has 1 aromatic rings. The highest BCUT2D eigenvalue weighted by Gasteiger charge is 2.29. The Morgan fingerprint density at radius 1 is 1.04 bits per heavy atom. The smallest absolute Gasteiger partial charge is 0.257 e. The van der Waals surface area contributed by atoms with E-state index in [-0.39, 0.29) is 11.8 Å². The molecule has 3 heterocycles. The number of amides is 2. The summed E-state index contributed by atoms with van der Waals surface area (Å²) >= 11 is 0. The third kappa shape index (κ3) is 3.11. The highest BCUT2D eigenvalue weighted by Crippen LogP contribution is 2.22. The molecule has 3 rings (SSSR count).